The molecule has 0 amide bonds. The molecule has 0 saturated heterocycles. The first-order valence-electron chi connectivity index (χ1n) is 9.77. The smallest absolute Gasteiger partial charge is 0.336 e. The van der Waals surface area contributed by atoms with E-state index in [-0.39, 0.29) is 18.8 Å². The molecule has 7 heteroatoms. The first-order valence-corrected chi connectivity index (χ1v) is 9.77. The Bertz CT molecular complexity index is 1590. The first-order chi connectivity index (χ1) is 15.0. The summed E-state index contributed by atoms with van der Waals surface area (Å²) in [5, 5.41) is 2.62. The molecule has 0 saturated carbocycles. The fourth-order valence-electron chi connectivity index (χ4n) is 3.98. The third-order valence-corrected chi connectivity index (χ3v) is 5.44. The molecule has 0 atom stereocenters. The Balaban J connectivity index is 1.47. The summed E-state index contributed by atoms with van der Waals surface area (Å²) < 4.78 is 13.7. The number of imidazole rings is 1. The second-order valence-corrected chi connectivity index (χ2v) is 7.33. The molecule has 2 aromatic heterocycles. The topological polar surface area (TPSA) is 83.4 Å². The van der Waals surface area contributed by atoms with Crippen LogP contribution in [0.1, 0.15) is 5.56 Å². The average molecular weight is 414 g/mol. The maximum absolute atomic E-state index is 12.6. The first kappa shape index (κ1) is 18.9. The number of aromatic nitrogens is 2. The summed E-state index contributed by atoms with van der Waals surface area (Å²) >= 11 is 0. The molecule has 7 nitrogen and oxygen atoms in total. The molecular weight excluding hydrogens is 396 g/mol. The number of esters is 1. The number of carbonyl (C=O) groups excluding carboxylic acids is 1. The maximum Gasteiger partial charge on any atom is 0.336 e. The highest BCUT2D eigenvalue weighted by Crippen LogP contribution is 2.27. The summed E-state index contributed by atoms with van der Waals surface area (Å²) in [6.45, 7) is -0.325. The molecule has 0 bridgehead atoms. The number of aryl methyl sites for hydroxylation is 1. The number of hydrogen-bond acceptors (Lipinski definition) is 5. The Morgan fingerprint density at radius 3 is 2.55 bits per heavy atom. The lowest BCUT2D eigenvalue weighted by molar-refractivity contribution is -0.145. The van der Waals surface area contributed by atoms with E-state index in [9.17, 15) is 14.4 Å². The highest BCUT2D eigenvalue weighted by molar-refractivity contribution is 6.07. The van der Waals surface area contributed by atoms with Gasteiger partial charge in [0, 0.05) is 24.1 Å². The quantitative estimate of drug-likeness (QED) is 0.256. The van der Waals surface area contributed by atoms with Crippen LogP contribution in [-0.4, -0.2) is 15.1 Å². The number of carbonyl (C=O) groups is 1. The van der Waals surface area contributed by atoms with Gasteiger partial charge in [0.1, 0.15) is 18.7 Å². The Kier molecular flexibility index (Phi) is 4.43. The fraction of sp³-hybridized carbons (Fsp3) is 0.125. The molecule has 0 unspecified atom stereocenters. The van der Waals surface area contributed by atoms with Crippen LogP contribution in [0.4, 0.5) is 0 Å². The number of fused-ring (bicyclic) bond motifs is 4. The molecule has 2 heterocycles. The second kappa shape index (κ2) is 7.28. The molecule has 0 fully saturated rings. The van der Waals surface area contributed by atoms with Crippen LogP contribution in [0.5, 0.6) is 0 Å². The fourth-order valence-corrected chi connectivity index (χ4v) is 3.98. The Morgan fingerprint density at radius 1 is 0.968 bits per heavy atom. The molecule has 0 radical (unpaired) electrons. The Hall–Kier alpha value is -4.13. The third-order valence-electron chi connectivity index (χ3n) is 5.44. The predicted octanol–water partition coefficient (Wildman–Crippen LogP) is 3.34. The van der Waals surface area contributed by atoms with E-state index in [4.69, 9.17) is 9.15 Å². The van der Waals surface area contributed by atoms with Crippen molar-refractivity contribution in [2.45, 2.75) is 13.2 Å². The monoisotopic (exact) mass is 414 g/mol. The maximum atomic E-state index is 12.6. The van der Waals surface area contributed by atoms with Crippen LogP contribution in [0.2, 0.25) is 0 Å². The molecule has 5 rings (SSSR count). The van der Waals surface area contributed by atoms with E-state index in [1.807, 2.05) is 48.5 Å². The van der Waals surface area contributed by atoms with Gasteiger partial charge in [-0.3, -0.25) is 13.9 Å². The Labute approximate surface area is 175 Å². The SMILES string of the molecule is Cn1c(=O)n(CC(=O)OCc2cc(=O)oc3ccc4ccccc4c23)c2ccccc21. The van der Waals surface area contributed by atoms with Gasteiger partial charge in [-0.25, -0.2) is 9.59 Å². The highest BCUT2D eigenvalue weighted by atomic mass is 16.5. The van der Waals surface area contributed by atoms with Crippen molar-refractivity contribution in [2.75, 3.05) is 0 Å². The van der Waals surface area contributed by atoms with Gasteiger partial charge >= 0.3 is 17.3 Å². The number of benzene rings is 3. The van der Waals surface area contributed by atoms with Gasteiger partial charge in [0.05, 0.1) is 11.0 Å². The van der Waals surface area contributed by atoms with Crippen LogP contribution in [0.3, 0.4) is 0 Å². The number of ether oxygens (including phenoxy) is 1. The van der Waals surface area contributed by atoms with Crippen LogP contribution in [-0.2, 0) is 29.7 Å². The van der Waals surface area contributed by atoms with Gasteiger partial charge in [-0.05, 0) is 29.0 Å². The van der Waals surface area contributed by atoms with Gasteiger partial charge < -0.3 is 9.15 Å². The second-order valence-electron chi connectivity index (χ2n) is 7.33. The molecule has 0 aliphatic heterocycles. The van der Waals surface area contributed by atoms with Gasteiger partial charge in [-0.15, -0.1) is 0 Å². The van der Waals surface area contributed by atoms with Crippen molar-refractivity contribution in [2.24, 2.45) is 7.05 Å². The minimum Gasteiger partial charge on any atom is -0.459 e. The summed E-state index contributed by atoms with van der Waals surface area (Å²) in [6, 6.07) is 19.9. The van der Waals surface area contributed by atoms with Crippen molar-refractivity contribution in [3.05, 3.63) is 93.2 Å². The van der Waals surface area contributed by atoms with Crippen LogP contribution < -0.4 is 11.3 Å². The molecule has 0 aliphatic carbocycles. The lowest BCUT2D eigenvalue weighted by Crippen LogP contribution is -2.26. The molecule has 31 heavy (non-hydrogen) atoms. The van der Waals surface area contributed by atoms with E-state index >= 15 is 0 Å². The minimum absolute atomic E-state index is 0.103. The summed E-state index contributed by atoms with van der Waals surface area (Å²) in [6.07, 6.45) is 0. The number of para-hydroxylation sites is 2. The Morgan fingerprint density at radius 2 is 1.71 bits per heavy atom. The van der Waals surface area contributed by atoms with Crippen molar-refractivity contribution in [1.29, 1.82) is 0 Å². The van der Waals surface area contributed by atoms with E-state index < -0.39 is 11.6 Å². The lowest BCUT2D eigenvalue weighted by atomic mass is 10.0. The van der Waals surface area contributed by atoms with Gasteiger partial charge in [0.25, 0.3) is 0 Å². The normalized spacial score (nSPS) is 11.4. The van der Waals surface area contributed by atoms with Crippen LogP contribution in [0.15, 0.2) is 80.7 Å². The summed E-state index contributed by atoms with van der Waals surface area (Å²) in [4.78, 5) is 37.1. The van der Waals surface area contributed by atoms with E-state index in [0.717, 1.165) is 21.7 Å². The van der Waals surface area contributed by atoms with Crippen LogP contribution in [0.25, 0.3) is 32.8 Å². The lowest BCUT2D eigenvalue weighted by Gasteiger charge is -2.10. The van der Waals surface area contributed by atoms with Crippen molar-refractivity contribution in [3.8, 4) is 0 Å². The van der Waals surface area contributed by atoms with Gasteiger partial charge in [0.2, 0.25) is 0 Å². The standard InChI is InChI=1S/C24H18N2O5/c1-25-18-8-4-5-9-19(18)26(24(25)29)13-22(28)30-14-16-12-21(27)31-20-11-10-15-6-2-3-7-17(15)23(16)20/h2-12H,13-14H2,1H3. The van der Waals surface area contributed by atoms with Gasteiger partial charge in [-0.2, -0.15) is 0 Å². The number of nitrogens with zero attached hydrogens (tertiary/aromatic N) is 2. The molecule has 3 aromatic carbocycles. The zero-order valence-corrected chi connectivity index (χ0v) is 16.7. The molecule has 154 valence electrons. The molecule has 5 aromatic rings. The molecule has 0 spiro atoms. The molecule has 0 aliphatic rings. The van der Waals surface area contributed by atoms with Crippen LogP contribution in [0, 0.1) is 0 Å². The zero-order chi connectivity index (χ0) is 21.5. The van der Waals surface area contributed by atoms with Crippen molar-refractivity contribution >= 4 is 38.7 Å². The van der Waals surface area contributed by atoms with Crippen molar-refractivity contribution in [3.63, 3.8) is 0 Å². The highest BCUT2D eigenvalue weighted by Gasteiger charge is 2.16. The summed E-state index contributed by atoms with van der Waals surface area (Å²) in [5.74, 6) is -0.569. The summed E-state index contributed by atoms with van der Waals surface area (Å²) in [5.41, 5.74) is 1.57. The van der Waals surface area contributed by atoms with Crippen molar-refractivity contribution in [1.82, 2.24) is 9.13 Å². The number of rotatable bonds is 4. The van der Waals surface area contributed by atoms with E-state index in [2.05, 4.69) is 0 Å². The van der Waals surface area contributed by atoms with Gasteiger partial charge in [0.15, 0.2) is 0 Å². The average Bonchev–Trinajstić information content (AvgIpc) is 3.02. The molecule has 0 N–H and O–H groups in total. The zero-order valence-electron chi connectivity index (χ0n) is 16.7. The van der Waals surface area contributed by atoms with E-state index in [1.54, 1.807) is 19.2 Å². The van der Waals surface area contributed by atoms with Crippen molar-refractivity contribution < 1.29 is 13.9 Å². The summed E-state index contributed by atoms with van der Waals surface area (Å²) in [7, 11) is 1.66. The minimum atomic E-state index is -0.569. The third kappa shape index (κ3) is 3.20. The predicted molar refractivity (Wildman–Crippen MR) is 117 cm³/mol. The van der Waals surface area contributed by atoms with Gasteiger partial charge in [-0.1, -0.05) is 42.5 Å². The van der Waals surface area contributed by atoms with E-state index in [1.165, 1.54) is 15.2 Å². The van der Waals surface area contributed by atoms with Crippen LogP contribution >= 0.6 is 0 Å². The van der Waals surface area contributed by atoms with E-state index in [0.29, 0.717) is 16.7 Å². The largest absolute Gasteiger partial charge is 0.459 e. The molecular formula is C24H18N2O5. The number of hydrogen-bond donors (Lipinski definition) is 0.